The zero-order chi connectivity index (χ0) is 11.4. The second-order valence-electron chi connectivity index (χ2n) is 4.78. The van der Waals surface area contributed by atoms with Crippen LogP contribution in [0, 0.1) is 0 Å². The van der Waals surface area contributed by atoms with E-state index in [0.29, 0.717) is 18.0 Å². The molecule has 17 heavy (non-hydrogen) atoms. The van der Waals surface area contributed by atoms with Crippen LogP contribution in [0.25, 0.3) is 0 Å². The van der Waals surface area contributed by atoms with E-state index in [4.69, 9.17) is 0 Å². The first kappa shape index (κ1) is 15.1. The van der Waals surface area contributed by atoms with E-state index in [9.17, 15) is 4.79 Å². The lowest BCUT2D eigenvalue weighted by atomic mass is 10.1. The molecule has 0 aromatic carbocycles. The Morgan fingerprint density at radius 1 is 1.35 bits per heavy atom. The zero-order valence-electron chi connectivity index (χ0n) is 10.5. The Bertz CT molecular complexity index is 239. The fourth-order valence-corrected chi connectivity index (χ4v) is 3.32. The molecule has 2 rings (SSSR count). The van der Waals surface area contributed by atoms with Crippen LogP contribution in [0.1, 0.15) is 32.1 Å². The van der Waals surface area contributed by atoms with Gasteiger partial charge in [0.2, 0.25) is 5.91 Å². The van der Waals surface area contributed by atoms with Crippen molar-refractivity contribution in [2.24, 2.45) is 0 Å². The van der Waals surface area contributed by atoms with Crippen molar-refractivity contribution in [2.45, 2.75) is 44.2 Å². The fourth-order valence-electron chi connectivity index (χ4n) is 2.89. The molecule has 100 valence electrons. The molecule has 2 aliphatic heterocycles. The minimum atomic E-state index is 0. The number of nitrogens with one attached hydrogen (secondary N) is 1. The zero-order valence-corrected chi connectivity index (χ0v) is 12.1. The summed E-state index contributed by atoms with van der Waals surface area (Å²) in [6, 6.07) is 1.01. The maximum absolute atomic E-state index is 12.2. The highest BCUT2D eigenvalue weighted by Crippen LogP contribution is 2.28. The first-order valence-corrected chi connectivity index (χ1v) is 7.73. The van der Waals surface area contributed by atoms with Crippen molar-refractivity contribution in [3.05, 3.63) is 0 Å². The van der Waals surface area contributed by atoms with Gasteiger partial charge in [-0.3, -0.25) is 4.79 Å². The van der Waals surface area contributed by atoms with E-state index in [1.165, 1.54) is 12.8 Å². The van der Waals surface area contributed by atoms with Gasteiger partial charge in [-0.2, -0.15) is 11.8 Å². The summed E-state index contributed by atoms with van der Waals surface area (Å²) in [6.07, 6.45) is 7.44. The van der Waals surface area contributed by atoms with Crippen LogP contribution in [0.4, 0.5) is 0 Å². The summed E-state index contributed by atoms with van der Waals surface area (Å²) >= 11 is 1.83. The minimum absolute atomic E-state index is 0. The molecule has 1 amide bonds. The lowest BCUT2D eigenvalue weighted by molar-refractivity contribution is -0.133. The van der Waals surface area contributed by atoms with Crippen molar-refractivity contribution in [3.63, 3.8) is 0 Å². The van der Waals surface area contributed by atoms with Crippen molar-refractivity contribution in [1.29, 1.82) is 0 Å². The fraction of sp³-hybridized carbons (Fsp3) is 0.917. The van der Waals surface area contributed by atoms with Crippen LogP contribution in [-0.2, 0) is 4.79 Å². The number of amides is 1. The molecule has 0 saturated carbocycles. The van der Waals surface area contributed by atoms with Crippen LogP contribution in [0.2, 0.25) is 0 Å². The molecule has 2 aliphatic rings. The summed E-state index contributed by atoms with van der Waals surface area (Å²) in [7, 11) is 0. The second-order valence-corrected chi connectivity index (χ2v) is 5.76. The van der Waals surface area contributed by atoms with Crippen LogP contribution >= 0.6 is 24.2 Å². The standard InChI is InChI=1S/C12H22N2OS.ClH/c1-16-8-2-3-12(15)14-10-4-5-11(14)9-13-7-6-10;/h10-11,13H,2-9H2,1H3;1H. The molecular formula is C12H23ClN2OS. The van der Waals surface area contributed by atoms with Gasteiger partial charge >= 0.3 is 0 Å². The Morgan fingerprint density at radius 3 is 2.88 bits per heavy atom. The predicted molar refractivity (Wildman–Crippen MR) is 76.0 cm³/mol. The molecule has 2 bridgehead atoms. The van der Waals surface area contributed by atoms with Crippen LogP contribution in [-0.4, -0.2) is 48.0 Å². The molecule has 1 N–H and O–H groups in total. The van der Waals surface area contributed by atoms with Gasteiger partial charge in [0, 0.05) is 25.0 Å². The molecule has 2 atom stereocenters. The third kappa shape index (κ3) is 3.76. The Kier molecular flexibility index (Phi) is 6.67. The summed E-state index contributed by atoms with van der Waals surface area (Å²) in [6.45, 7) is 2.08. The first-order chi connectivity index (χ1) is 7.83. The molecular weight excluding hydrogens is 256 g/mol. The number of thioether (sulfide) groups is 1. The number of nitrogens with zero attached hydrogens (tertiary/aromatic N) is 1. The summed E-state index contributed by atoms with van der Waals surface area (Å²) in [5.41, 5.74) is 0. The van der Waals surface area contributed by atoms with Crippen LogP contribution < -0.4 is 5.32 Å². The number of halogens is 1. The quantitative estimate of drug-likeness (QED) is 0.798. The van der Waals surface area contributed by atoms with Crippen molar-refractivity contribution in [3.8, 4) is 0 Å². The summed E-state index contributed by atoms with van der Waals surface area (Å²) in [5, 5.41) is 3.43. The summed E-state index contributed by atoms with van der Waals surface area (Å²) in [5.74, 6) is 1.50. The summed E-state index contributed by atoms with van der Waals surface area (Å²) < 4.78 is 0. The Labute approximate surface area is 114 Å². The number of fused-ring (bicyclic) bond motifs is 2. The monoisotopic (exact) mass is 278 g/mol. The molecule has 5 heteroatoms. The van der Waals surface area contributed by atoms with E-state index in [2.05, 4.69) is 16.5 Å². The number of hydrogen-bond donors (Lipinski definition) is 1. The van der Waals surface area contributed by atoms with Crippen molar-refractivity contribution < 1.29 is 4.79 Å². The van der Waals surface area contributed by atoms with Crippen LogP contribution in [0.5, 0.6) is 0 Å². The van der Waals surface area contributed by atoms with E-state index in [1.807, 2.05) is 11.8 Å². The lowest BCUT2D eigenvalue weighted by Crippen LogP contribution is -2.42. The third-order valence-corrected chi connectivity index (χ3v) is 4.38. The highest BCUT2D eigenvalue weighted by molar-refractivity contribution is 7.98. The van der Waals surface area contributed by atoms with Crippen molar-refractivity contribution >= 4 is 30.1 Å². The molecule has 2 saturated heterocycles. The number of rotatable bonds is 4. The maximum Gasteiger partial charge on any atom is 0.223 e. The lowest BCUT2D eigenvalue weighted by Gasteiger charge is -2.28. The maximum atomic E-state index is 12.2. The van der Waals surface area contributed by atoms with Gasteiger partial charge in [-0.25, -0.2) is 0 Å². The highest BCUT2D eigenvalue weighted by atomic mass is 35.5. The first-order valence-electron chi connectivity index (χ1n) is 6.33. The Hall–Kier alpha value is 0.0700. The van der Waals surface area contributed by atoms with Gasteiger partial charge in [-0.1, -0.05) is 0 Å². The highest BCUT2D eigenvalue weighted by Gasteiger charge is 2.37. The van der Waals surface area contributed by atoms with Gasteiger partial charge in [0.1, 0.15) is 0 Å². The van der Waals surface area contributed by atoms with Gasteiger partial charge in [-0.05, 0) is 44.2 Å². The van der Waals surface area contributed by atoms with Crippen LogP contribution in [0.15, 0.2) is 0 Å². The van der Waals surface area contributed by atoms with E-state index in [1.54, 1.807) is 0 Å². The van der Waals surface area contributed by atoms with E-state index in [0.717, 1.165) is 38.1 Å². The predicted octanol–water partition coefficient (Wildman–Crippen LogP) is 1.90. The van der Waals surface area contributed by atoms with Gasteiger partial charge in [0.05, 0.1) is 0 Å². The molecule has 2 unspecified atom stereocenters. The average Bonchev–Trinajstić information content (AvgIpc) is 2.52. The Morgan fingerprint density at radius 2 is 2.12 bits per heavy atom. The molecule has 0 aromatic heterocycles. The molecule has 0 aromatic rings. The molecule has 0 spiro atoms. The molecule has 0 radical (unpaired) electrons. The largest absolute Gasteiger partial charge is 0.335 e. The van der Waals surface area contributed by atoms with E-state index in [-0.39, 0.29) is 12.4 Å². The number of carbonyl (C=O) groups is 1. The topological polar surface area (TPSA) is 32.3 Å². The van der Waals surface area contributed by atoms with E-state index < -0.39 is 0 Å². The average molecular weight is 279 g/mol. The Balaban J connectivity index is 0.00000144. The molecule has 0 aliphatic carbocycles. The normalized spacial score (nSPS) is 27.5. The molecule has 2 fully saturated rings. The molecule has 2 heterocycles. The number of carbonyl (C=O) groups excluding carboxylic acids is 1. The van der Waals surface area contributed by atoms with E-state index >= 15 is 0 Å². The SMILES string of the molecule is CSCCCC(=O)N1C2CCNCC1CC2.Cl. The van der Waals surface area contributed by atoms with Gasteiger partial charge in [0.15, 0.2) is 0 Å². The smallest absolute Gasteiger partial charge is 0.223 e. The second kappa shape index (κ2) is 7.49. The third-order valence-electron chi connectivity index (χ3n) is 3.68. The van der Waals surface area contributed by atoms with Gasteiger partial charge < -0.3 is 10.2 Å². The summed E-state index contributed by atoms with van der Waals surface area (Å²) in [4.78, 5) is 14.4. The van der Waals surface area contributed by atoms with Crippen molar-refractivity contribution in [2.75, 3.05) is 25.1 Å². The minimum Gasteiger partial charge on any atom is -0.335 e. The van der Waals surface area contributed by atoms with Crippen molar-refractivity contribution in [1.82, 2.24) is 10.2 Å². The number of hydrogen-bond acceptors (Lipinski definition) is 3. The molecule has 3 nitrogen and oxygen atoms in total. The van der Waals surface area contributed by atoms with Gasteiger partial charge in [0.25, 0.3) is 0 Å². The van der Waals surface area contributed by atoms with Crippen LogP contribution in [0.3, 0.4) is 0 Å². The van der Waals surface area contributed by atoms with Gasteiger partial charge in [-0.15, -0.1) is 12.4 Å².